The highest BCUT2D eigenvalue weighted by Crippen LogP contribution is 2.47. The maximum absolute atomic E-state index is 13.9. The number of thiophene rings is 1. The largest absolute Gasteiger partial charge is 0.463 e. The standard InChI is InChI=1S/C18H14F3NO3S/c1-22-17(16(24)25-2,12-7-4-3-5-8-12)15(18(19,20)21)11-13(23)14-9-6-10-26-14/h3-10,15H,11H2,2H3/t15-,17-/m0/s1. The van der Waals surface area contributed by atoms with E-state index >= 15 is 0 Å². The first-order chi connectivity index (χ1) is 12.3. The van der Waals surface area contributed by atoms with Crippen LogP contribution in [0.15, 0.2) is 47.8 Å². The van der Waals surface area contributed by atoms with Crippen molar-refractivity contribution in [1.82, 2.24) is 0 Å². The molecule has 0 unspecified atom stereocenters. The zero-order chi connectivity index (χ0) is 19.4. The summed E-state index contributed by atoms with van der Waals surface area (Å²) in [6, 6.07) is 9.85. The van der Waals surface area contributed by atoms with Gasteiger partial charge in [0.25, 0.3) is 0 Å². The number of nitrogens with zero attached hydrogens (tertiary/aromatic N) is 1. The summed E-state index contributed by atoms with van der Waals surface area (Å²) >= 11 is 1.00. The Bertz CT molecular complexity index is 812. The van der Waals surface area contributed by atoms with Crippen LogP contribution in [0.5, 0.6) is 0 Å². The number of carbonyl (C=O) groups is 2. The number of halogens is 3. The molecule has 1 heterocycles. The number of hydrogen-bond acceptors (Lipinski definition) is 4. The van der Waals surface area contributed by atoms with Crippen LogP contribution in [0.4, 0.5) is 13.2 Å². The number of benzene rings is 1. The predicted octanol–water partition coefficient (Wildman–Crippen LogP) is 4.49. The molecule has 1 aromatic carbocycles. The summed E-state index contributed by atoms with van der Waals surface area (Å²) in [6.07, 6.45) is -6.00. The number of alkyl halides is 3. The summed E-state index contributed by atoms with van der Waals surface area (Å²) in [6.45, 7) is 7.42. The van der Waals surface area contributed by atoms with E-state index < -0.39 is 35.8 Å². The molecule has 0 saturated heterocycles. The predicted molar refractivity (Wildman–Crippen MR) is 89.5 cm³/mol. The molecule has 0 spiro atoms. The van der Waals surface area contributed by atoms with Gasteiger partial charge in [-0.3, -0.25) is 9.64 Å². The first kappa shape index (κ1) is 19.7. The summed E-state index contributed by atoms with van der Waals surface area (Å²) in [5, 5.41) is 1.56. The van der Waals surface area contributed by atoms with Crippen molar-refractivity contribution in [2.24, 2.45) is 5.92 Å². The first-order valence-corrected chi connectivity index (χ1v) is 8.31. The van der Waals surface area contributed by atoms with Crippen molar-refractivity contribution in [3.05, 3.63) is 69.7 Å². The van der Waals surface area contributed by atoms with E-state index in [1.165, 1.54) is 30.3 Å². The number of carbonyl (C=O) groups excluding carboxylic acids is 2. The molecule has 2 rings (SSSR count). The van der Waals surface area contributed by atoms with Crippen LogP contribution in [0.3, 0.4) is 0 Å². The molecule has 1 aromatic heterocycles. The van der Waals surface area contributed by atoms with Crippen LogP contribution in [-0.4, -0.2) is 25.0 Å². The molecule has 0 saturated carbocycles. The Labute approximate surface area is 152 Å². The zero-order valence-electron chi connectivity index (χ0n) is 13.6. The fraction of sp³-hybridized carbons (Fsp3) is 0.278. The molecule has 2 aromatic rings. The summed E-state index contributed by atoms with van der Waals surface area (Å²) < 4.78 is 46.2. The van der Waals surface area contributed by atoms with Crippen molar-refractivity contribution in [1.29, 1.82) is 0 Å². The minimum Gasteiger partial charge on any atom is -0.463 e. The molecular formula is C18H14F3NO3S. The van der Waals surface area contributed by atoms with Crippen molar-refractivity contribution < 1.29 is 27.5 Å². The van der Waals surface area contributed by atoms with E-state index in [0.29, 0.717) is 0 Å². The van der Waals surface area contributed by atoms with Crippen molar-refractivity contribution in [2.75, 3.05) is 7.11 Å². The third-order valence-corrected chi connectivity index (χ3v) is 4.88. The Morgan fingerprint density at radius 2 is 1.85 bits per heavy atom. The van der Waals surface area contributed by atoms with Crippen LogP contribution in [-0.2, 0) is 15.1 Å². The van der Waals surface area contributed by atoms with Crippen LogP contribution in [0, 0.1) is 12.5 Å². The summed E-state index contributed by atoms with van der Waals surface area (Å²) in [7, 11) is 0.916. The summed E-state index contributed by atoms with van der Waals surface area (Å²) in [4.78, 5) is 27.9. The first-order valence-electron chi connectivity index (χ1n) is 7.43. The van der Waals surface area contributed by atoms with Crippen LogP contribution in [0.25, 0.3) is 4.85 Å². The van der Waals surface area contributed by atoms with Crippen molar-refractivity contribution in [3.63, 3.8) is 0 Å². The lowest BCUT2D eigenvalue weighted by Crippen LogP contribution is -2.48. The van der Waals surface area contributed by atoms with E-state index in [4.69, 9.17) is 6.57 Å². The Kier molecular flexibility index (Phi) is 5.83. The number of ketones is 1. The van der Waals surface area contributed by atoms with Gasteiger partial charge >= 0.3 is 17.7 Å². The molecule has 0 amide bonds. The molecule has 4 nitrogen and oxygen atoms in total. The van der Waals surface area contributed by atoms with Crippen LogP contribution in [0.2, 0.25) is 0 Å². The minimum absolute atomic E-state index is 0.135. The fourth-order valence-corrected chi connectivity index (χ4v) is 3.40. The second-order valence-electron chi connectivity index (χ2n) is 5.43. The van der Waals surface area contributed by atoms with E-state index in [0.717, 1.165) is 18.4 Å². The van der Waals surface area contributed by atoms with Gasteiger partial charge in [-0.2, -0.15) is 13.2 Å². The molecule has 26 heavy (non-hydrogen) atoms. The Hall–Kier alpha value is -2.66. The highest BCUT2D eigenvalue weighted by molar-refractivity contribution is 7.12. The molecule has 0 aliphatic carbocycles. The third kappa shape index (κ3) is 3.63. The lowest BCUT2D eigenvalue weighted by atomic mass is 9.75. The molecule has 136 valence electrons. The number of rotatable bonds is 6. The second-order valence-corrected chi connectivity index (χ2v) is 6.38. The maximum Gasteiger partial charge on any atom is 0.401 e. The summed E-state index contributed by atoms with van der Waals surface area (Å²) in [5.41, 5.74) is -2.86. The van der Waals surface area contributed by atoms with Gasteiger partial charge in [-0.25, -0.2) is 11.4 Å². The van der Waals surface area contributed by atoms with E-state index in [2.05, 4.69) is 9.58 Å². The van der Waals surface area contributed by atoms with Gasteiger partial charge in [0, 0.05) is 12.0 Å². The Balaban J connectivity index is 2.61. The van der Waals surface area contributed by atoms with Gasteiger partial charge in [-0.1, -0.05) is 36.4 Å². The zero-order valence-corrected chi connectivity index (χ0v) is 14.4. The van der Waals surface area contributed by atoms with Gasteiger partial charge in [0.1, 0.15) is 0 Å². The number of hydrogen-bond donors (Lipinski definition) is 0. The number of esters is 1. The topological polar surface area (TPSA) is 47.7 Å². The monoisotopic (exact) mass is 381 g/mol. The smallest absolute Gasteiger partial charge is 0.401 e. The Morgan fingerprint density at radius 3 is 2.31 bits per heavy atom. The van der Waals surface area contributed by atoms with Gasteiger partial charge in [-0.05, 0) is 11.4 Å². The van der Waals surface area contributed by atoms with E-state index in [-0.39, 0.29) is 10.4 Å². The number of ether oxygens (including phenoxy) is 1. The average molecular weight is 381 g/mol. The lowest BCUT2D eigenvalue weighted by molar-refractivity contribution is -0.197. The van der Waals surface area contributed by atoms with Gasteiger partial charge in [0.2, 0.25) is 0 Å². The molecule has 0 fully saturated rings. The molecule has 8 heteroatoms. The highest BCUT2D eigenvalue weighted by atomic mass is 32.1. The van der Waals surface area contributed by atoms with Crippen molar-refractivity contribution in [3.8, 4) is 0 Å². The minimum atomic E-state index is -4.97. The molecule has 0 radical (unpaired) electrons. The Morgan fingerprint density at radius 1 is 1.19 bits per heavy atom. The van der Waals surface area contributed by atoms with Crippen molar-refractivity contribution in [2.45, 2.75) is 18.1 Å². The number of Topliss-reactive ketones (excluding diaryl/α,β-unsaturated/α-hetero) is 1. The van der Waals surface area contributed by atoms with Gasteiger partial charge in [-0.15, -0.1) is 11.3 Å². The second kappa shape index (κ2) is 7.70. The molecule has 0 N–H and O–H groups in total. The number of methoxy groups -OCH3 is 1. The molecule has 0 bridgehead atoms. The van der Waals surface area contributed by atoms with Crippen LogP contribution < -0.4 is 0 Å². The molecule has 0 aliphatic rings. The maximum atomic E-state index is 13.9. The van der Waals surface area contributed by atoms with Gasteiger partial charge in [0.15, 0.2) is 11.7 Å². The lowest BCUT2D eigenvalue weighted by Gasteiger charge is -2.29. The fourth-order valence-electron chi connectivity index (χ4n) is 2.72. The molecular weight excluding hydrogens is 367 g/mol. The van der Waals surface area contributed by atoms with Crippen LogP contribution >= 0.6 is 11.3 Å². The summed E-state index contributed by atoms with van der Waals surface area (Å²) in [5.74, 6) is -4.67. The van der Waals surface area contributed by atoms with Crippen LogP contribution in [0.1, 0.15) is 21.7 Å². The average Bonchev–Trinajstić information content (AvgIpc) is 3.16. The molecule has 2 atom stereocenters. The van der Waals surface area contributed by atoms with E-state index in [9.17, 15) is 22.8 Å². The van der Waals surface area contributed by atoms with Gasteiger partial charge < -0.3 is 4.74 Å². The normalized spacial score (nSPS) is 14.7. The van der Waals surface area contributed by atoms with E-state index in [1.807, 2.05) is 0 Å². The van der Waals surface area contributed by atoms with Gasteiger partial charge in [0.05, 0.1) is 12.0 Å². The van der Waals surface area contributed by atoms with Crippen molar-refractivity contribution >= 4 is 23.1 Å². The van der Waals surface area contributed by atoms with E-state index in [1.54, 1.807) is 17.5 Å². The highest BCUT2D eigenvalue weighted by Gasteiger charge is 2.66. The SMILES string of the molecule is [C-]#[N+][C@@](C(=O)OC)(c1ccccc1)[C@H](CC(=O)c1cccs1)C(F)(F)F. The quantitative estimate of drug-likeness (QED) is 0.421. The third-order valence-electron chi connectivity index (χ3n) is 3.97. The molecule has 0 aliphatic heterocycles.